The van der Waals surface area contributed by atoms with Crippen LogP contribution in [0.15, 0.2) is 0 Å². The predicted molar refractivity (Wildman–Crippen MR) is 89.0 cm³/mol. The molecular formula is C17H29N5O2. The van der Waals surface area contributed by atoms with E-state index in [-0.39, 0.29) is 28.9 Å². The van der Waals surface area contributed by atoms with Crippen molar-refractivity contribution >= 4 is 5.91 Å². The van der Waals surface area contributed by atoms with Crippen molar-refractivity contribution in [1.29, 1.82) is 0 Å². The summed E-state index contributed by atoms with van der Waals surface area (Å²) in [6, 6.07) is -0.113. The molecule has 3 heterocycles. The van der Waals surface area contributed by atoms with E-state index in [1.165, 1.54) is 0 Å². The lowest BCUT2D eigenvalue weighted by Crippen LogP contribution is -2.47. The molecule has 2 aliphatic rings. The van der Waals surface area contributed by atoms with Crippen molar-refractivity contribution in [3.63, 3.8) is 0 Å². The van der Waals surface area contributed by atoms with Crippen LogP contribution in [0.3, 0.4) is 0 Å². The van der Waals surface area contributed by atoms with E-state index in [2.05, 4.69) is 48.3 Å². The Hall–Kier alpha value is -1.50. The largest absolute Gasteiger partial charge is 0.378 e. The lowest BCUT2D eigenvalue weighted by atomic mass is 9.76. The summed E-state index contributed by atoms with van der Waals surface area (Å²) in [6.07, 6.45) is 4.60. The minimum atomic E-state index is -0.113. The number of carbonyl (C=O) groups excluding carboxylic acids is 1. The molecule has 2 aliphatic heterocycles. The predicted octanol–water partition coefficient (Wildman–Crippen LogP) is 2.48. The Kier molecular flexibility index (Phi) is 4.64. The molecule has 1 N–H and O–H groups in total. The van der Waals surface area contributed by atoms with Gasteiger partial charge < -0.3 is 9.64 Å². The highest BCUT2D eigenvalue weighted by Gasteiger charge is 2.43. The minimum absolute atomic E-state index is 0.0520. The van der Waals surface area contributed by atoms with Crippen LogP contribution in [0.5, 0.6) is 0 Å². The Balaban J connectivity index is 1.66. The number of piperidine rings is 1. The highest BCUT2D eigenvalue weighted by atomic mass is 16.5. The summed E-state index contributed by atoms with van der Waals surface area (Å²) in [6.45, 7) is 10.3. The van der Waals surface area contributed by atoms with Crippen molar-refractivity contribution in [3.8, 4) is 0 Å². The molecule has 0 bridgehead atoms. The highest BCUT2D eigenvalue weighted by molar-refractivity contribution is 5.76. The van der Waals surface area contributed by atoms with Crippen LogP contribution in [-0.2, 0) is 9.53 Å². The second-order valence-electron chi connectivity index (χ2n) is 8.69. The molecule has 1 aromatic heterocycles. The molecule has 24 heavy (non-hydrogen) atoms. The minimum Gasteiger partial charge on any atom is -0.378 e. The van der Waals surface area contributed by atoms with E-state index in [1.54, 1.807) is 0 Å². The molecular weight excluding hydrogens is 306 g/mol. The van der Waals surface area contributed by atoms with Gasteiger partial charge >= 0.3 is 0 Å². The number of tetrazole rings is 1. The first-order chi connectivity index (χ1) is 11.3. The SMILES string of the molecule is CC1(C)COC(CCC(=O)N2CCCC(C)(C)C2c2nn[nH]n2)C1. The van der Waals surface area contributed by atoms with E-state index in [0.717, 1.165) is 38.8 Å². The lowest BCUT2D eigenvalue weighted by molar-refractivity contribution is -0.140. The maximum absolute atomic E-state index is 12.9. The fourth-order valence-electron chi connectivity index (χ4n) is 4.13. The summed E-state index contributed by atoms with van der Waals surface area (Å²) < 4.78 is 5.84. The van der Waals surface area contributed by atoms with E-state index < -0.39 is 0 Å². The zero-order valence-corrected chi connectivity index (χ0v) is 15.2. The number of aromatic nitrogens is 4. The van der Waals surface area contributed by atoms with Gasteiger partial charge in [0.25, 0.3) is 0 Å². The van der Waals surface area contributed by atoms with E-state index in [9.17, 15) is 4.79 Å². The van der Waals surface area contributed by atoms with Crippen molar-refractivity contribution in [2.45, 2.75) is 71.9 Å². The fraction of sp³-hybridized carbons (Fsp3) is 0.882. The topological polar surface area (TPSA) is 84.0 Å². The van der Waals surface area contributed by atoms with Crippen molar-refractivity contribution in [2.24, 2.45) is 10.8 Å². The van der Waals surface area contributed by atoms with Crippen LogP contribution in [0.4, 0.5) is 0 Å². The molecule has 2 fully saturated rings. The number of amides is 1. The Morgan fingerprint density at radius 3 is 2.79 bits per heavy atom. The number of H-pyrrole nitrogens is 1. The van der Waals surface area contributed by atoms with Gasteiger partial charge in [0.1, 0.15) is 6.04 Å². The molecule has 134 valence electrons. The van der Waals surface area contributed by atoms with Crippen molar-refractivity contribution < 1.29 is 9.53 Å². The van der Waals surface area contributed by atoms with Crippen LogP contribution in [0.25, 0.3) is 0 Å². The molecule has 0 aromatic carbocycles. The summed E-state index contributed by atoms with van der Waals surface area (Å²) in [5.41, 5.74) is 0.178. The second-order valence-corrected chi connectivity index (χ2v) is 8.69. The average Bonchev–Trinajstić information content (AvgIpc) is 3.13. The number of ether oxygens (including phenoxy) is 1. The zero-order valence-electron chi connectivity index (χ0n) is 15.2. The van der Waals surface area contributed by atoms with Gasteiger partial charge in [-0.05, 0) is 36.5 Å². The molecule has 0 saturated carbocycles. The average molecular weight is 335 g/mol. The number of likely N-dealkylation sites (tertiary alicyclic amines) is 1. The Labute approximate surface area is 143 Å². The van der Waals surface area contributed by atoms with E-state index in [1.807, 2.05) is 4.90 Å². The monoisotopic (exact) mass is 335 g/mol. The molecule has 2 unspecified atom stereocenters. The molecule has 1 aromatic rings. The number of aromatic amines is 1. The number of nitrogens with one attached hydrogen (secondary N) is 1. The van der Waals surface area contributed by atoms with Gasteiger partial charge in [-0.15, -0.1) is 10.2 Å². The third kappa shape index (κ3) is 3.61. The number of hydrogen-bond donors (Lipinski definition) is 1. The molecule has 0 spiro atoms. The molecule has 7 heteroatoms. The van der Waals surface area contributed by atoms with Crippen LogP contribution >= 0.6 is 0 Å². The smallest absolute Gasteiger partial charge is 0.223 e. The molecule has 0 aliphatic carbocycles. The Morgan fingerprint density at radius 1 is 1.38 bits per heavy atom. The van der Waals surface area contributed by atoms with Gasteiger partial charge in [-0.25, -0.2) is 0 Å². The Bertz CT molecular complexity index is 570. The van der Waals surface area contributed by atoms with Gasteiger partial charge in [-0.1, -0.05) is 32.9 Å². The lowest BCUT2D eigenvalue weighted by Gasteiger charge is -2.45. The number of rotatable bonds is 4. The summed E-state index contributed by atoms with van der Waals surface area (Å²) in [4.78, 5) is 14.8. The highest BCUT2D eigenvalue weighted by Crippen LogP contribution is 2.44. The molecule has 2 atom stereocenters. The maximum Gasteiger partial charge on any atom is 0.223 e. The van der Waals surface area contributed by atoms with Gasteiger partial charge in [0.05, 0.1) is 12.7 Å². The summed E-state index contributed by atoms with van der Waals surface area (Å²) >= 11 is 0. The first-order valence-corrected chi connectivity index (χ1v) is 8.93. The number of hydrogen-bond acceptors (Lipinski definition) is 5. The van der Waals surface area contributed by atoms with E-state index in [0.29, 0.717) is 12.2 Å². The van der Waals surface area contributed by atoms with Gasteiger partial charge in [-0.2, -0.15) is 5.21 Å². The fourth-order valence-corrected chi connectivity index (χ4v) is 4.13. The van der Waals surface area contributed by atoms with Crippen LogP contribution in [0, 0.1) is 10.8 Å². The van der Waals surface area contributed by atoms with Crippen molar-refractivity contribution in [3.05, 3.63) is 5.82 Å². The van der Waals surface area contributed by atoms with Crippen LogP contribution < -0.4 is 0 Å². The van der Waals surface area contributed by atoms with Crippen LogP contribution in [0.2, 0.25) is 0 Å². The van der Waals surface area contributed by atoms with Gasteiger partial charge in [-0.3, -0.25) is 4.79 Å². The summed E-state index contributed by atoms with van der Waals surface area (Å²) in [7, 11) is 0. The van der Waals surface area contributed by atoms with Gasteiger partial charge in [0, 0.05) is 13.0 Å². The van der Waals surface area contributed by atoms with Crippen LogP contribution in [-0.4, -0.2) is 50.7 Å². The first kappa shape index (κ1) is 17.3. The van der Waals surface area contributed by atoms with Crippen LogP contribution in [0.1, 0.15) is 71.7 Å². The van der Waals surface area contributed by atoms with Gasteiger partial charge in [0.15, 0.2) is 5.82 Å². The summed E-state index contributed by atoms with van der Waals surface area (Å²) in [5, 5.41) is 14.5. The molecule has 7 nitrogen and oxygen atoms in total. The Morgan fingerprint density at radius 2 is 2.17 bits per heavy atom. The quantitative estimate of drug-likeness (QED) is 0.914. The maximum atomic E-state index is 12.9. The first-order valence-electron chi connectivity index (χ1n) is 8.93. The molecule has 2 saturated heterocycles. The molecule has 1 amide bonds. The normalized spacial score (nSPS) is 28.9. The van der Waals surface area contributed by atoms with Gasteiger partial charge in [0.2, 0.25) is 5.91 Å². The third-order valence-corrected chi connectivity index (χ3v) is 5.37. The van der Waals surface area contributed by atoms with E-state index in [4.69, 9.17) is 4.74 Å². The summed E-state index contributed by atoms with van der Waals surface area (Å²) in [5.74, 6) is 0.789. The standard InChI is InChI=1S/C17H29N5O2/c1-16(2)10-12(24-11-16)6-7-13(23)22-9-5-8-17(3,4)14(22)15-18-20-21-19-15/h12,14H,5-11H2,1-4H3,(H,18,19,20,21). The number of nitrogens with zero attached hydrogens (tertiary/aromatic N) is 4. The molecule has 0 radical (unpaired) electrons. The second kappa shape index (κ2) is 6.43. The van der Waals surface area contributed by atoms with Crippen molar-refractivity contribution in [1.82, 2.24) is 25.5 Å². The number of carbonyl (C=O) groups is 1. The van der Waals surface area contributed by atoms with E-state index >= 15 is 0 Å². The third-order valence-electron chi connectivity index (χ3n) is 5.37. The zero-order chi connectivity index (χ0) is 17.4. The van der Waals surface area contributed by atoms with Crippen molar-refractivity contribution in [2.75, 3.05) is 13.2 Å². The molecule has 3 rings (SSSR count).